The molecule has 0 amide bonds. The quantitative estimate of drug-likeness (QED) is 0.679. The standard InChI is InChI=1S/C23H20N2O2/c1-13-3-2-4-19(24)22(13)15-7-5-14(6-8-15)17-10-9-16-11-18(17)21(26)12-20(25)23(16)27/h2-11,20H,12,24-25H2,1H3. The number of carbonyl (C=O) groups excluding carboxylic acids is 2. The van der Waals surface area contributed by atoms with Gasteiger partial charge in [0, 0.05) is 28.8 Å². The van der Waals surface area contributed by atoms with Crippen molar-refractivity contribution in [1.82, 2.24) is 0 Å². The normalized spacial score (nSPS) is 16.3. The van der Waals surface area contributed by atoms with E-state index in [-0.39, 0.29) is 18.0 Å². The number of anilines is 1. The van der Waals surface area contributed by atoms with Crippen LogP contribution in [0.25, 0.3) is 22.3 Å². The van der Waals surface area contributed by atoms with Gasteiger partial charge in [-0.25, -0.2) is 0 Å². The molecule has 1 aliphatic rings. The Morgan fingerprint density at radius 3 is 2.22 bits per heavy atom. The largest absolute Gasteiger partial charge is 0.398 e. The van der Waals surface area contributed by atoms with Crippen molar-refractivity contribution in [3.05, 3.63) is 77.4 Å². The zero-order valence-electron chi connectivity index (χ0n) is 15.0. The third-order valence-electron chi connectivity index (χ3n) is 5.14. The second kappa shape index (κ2) is 6.49. The van der Waals surface area contributed by atoms with Crippen LogP contribution >= 0.6 is 0 Å². The maximum absolute atomic E-state index is 12.6. The first-order valence-electron chi connectivity index (χ1n) is 8.88. The second-order valence-corrected chi connectivity index (χ2v) is 6.97. The van der Waals surface area contributed by atoms with E-state index in [1.807, 2.05) is 55.5 Å². The number of carbonyl (C=O) groups is 2. The molecule has 0 aromatic heterocycles. The van der Waals surface area contributed by atoms with Crippen LogP contribution in [0.4, 0.5) is 5.69 Å². The van der Waals surface area contributed by atoms with E-state index in [2.05, 4.69) is 0 Å². The number of ketones is 2. The molecule has 4 nitrogen and oxygen atoms in total. The van der Waals surface area contributed by atoms with E-state index in [0.29, 0.717) is 11.1 Å². The second-order valence-electron chi connectivity index (χ2n) is 6.97. The Morgan fingerprint density at radius 2 is 1.52 bits per heavy atom. The summed E-state index contributed by atoms with van der Waals surface area (Å²) in [5, 5.41) is 0. The SMILES string of the molecule is Cc1cccc(N)c1-c1ccc(-c2ccc3cc2C(=O)CC(N)C3=O)cc1. The molecule has 0 fully saturated rings. The first kappa shape index (κ1) is 17.2. The van der Waals surface area contributed by atoms with Crippen molar-refractivity contribution in [2.75, 3.05) is 5.73 Å². The van der Waals surface area contributed by atoms with Gasteiger partial charge in [-0.15, -0.1) is 0 Å². The van der Waals surface area contributed by atoms with E-state index in [1.54, 1.807) is 12.1 Å². The van der Waals surface area contributed by atoms with Crippen molar-refractivity contribution >= 4 is 17.3 Å². The average molecular weight is 356 g/mol. The monoisotopic (exact) mass is 356 g/mol. The van der Waals surface area contributed by atoms with Crippen LogP contribution in [0.15, 0.2) is 60.7 Å². The van der Waals surface area contributed by atoms with Gasteiger partial charge in [-0.1, -0.05) is 48.5 Å². The van der Waals surface area contributed by atoms with E-state index < -0.39 is 6.04 Å². The highest BCUT2D eigenvalue weighted by atomic mass is 16.1. The fourth-order valence-electron chi connectivity index (χ4n) is 3.70. The minimum absolute atomic E-state index is 0.0389. The average Bonchev–Trinajstić information content (AvgIpc) is 2.74. The fraction of sp³-hybridized carbons (Fsp3) is 0.130. The van der Waals surface area contributed by atoms with E-state index in [9.17, 15) is 9.59 Å². The number of hydrogen-bond donors (Lipinski definition) is 2. The lowest BCUT2D eigenvalue weighted by molar-refractivity contribution is 0.0904. The highest BCUT2D eigenvalue weighted by Crippen LogP contribution is 2.33. The molecule has 2 bridgehead atoms. The third kappa shape index (κ3) is 2.94. The van der Waals surface area contributed by atoms with E-state index >= 15 is 0 Å². The summed E-state index contributed by atoms with van der Waals surface area (Å²) in [6.45, 7) is 2.03. The molecule has 134 valence electrons. The van der Waals surface area contributed by atoms with Gasteiger partial charge in [-0.2, -0.15) is 0 Å². The van der Waals surface area contributed by atoms with Gasteiger partial charge in [0.15, 0.2) is 11.6 Å². The molecule has 0 spiro atoms. The van der Waals surface area contributed by atoms with E-state index in [0.717, 1.165) is 33.5 Å². The van der Waals surface area contributed by atoms with Crippen LogP contribution in [0.3, 0.4) is 0 Å². The number of aryl methyl sites for hydroxylation is 1. The zero-order chi connectivity index (χ0) is 19.1. The summed E-state index contributed by atoms with van der Waals surface area (Å²) in [6.07, 6.45) is 0.0389. The summed E-state index contributed by atoms with van der Waals surface area (Å²) in [5.74, 6) is -0.281. The first-order valence-corrected chi connectivity index (χ1v) is 8.88. The summed E-state index contributed by atoms with van der Waals surface area (Å²) in [6, 6.07) is 18.3. The minimum atomic E-state index is -0.767. The Morgan fingerprint density at radius 1 is 0.852 bits per heavy atom. The van der Waals surface area contributed by atoms with Crippen LogP contribution in [0.1, 0.15) is 32.7 Å². The highest BCUT2D eigenvalue weighted by Gasteiger charge is 2.27. The minimum Gasteiger partial charge on any atom is -0.398 e. The molecular weight excluding hydrogens is 336 g/mol. The lowest BCUT2D eigenvalue weighted by atomic mass is 9.93. The summed E-state index contributed by atoms with van der Waals surface area (Å²) in [4.78, 5) is 24.7. The van der Waals surface area contributed by atoms with Crippen molar-refractivity contribution in [1.29, 1.82) is 0 Å². The van der Waals surface area contributed by atoms with Crippen LogP contribution < -0.4 is 11.5 Å². The summed E-state index contributed by atoms with van der Waals surface area (Å²) < 4.78 is 0. The molecular formula is C23H20N2O2. The Bertz CT molecular complexity index is 1050. The van der Waals surface area contributed by atoms with Crippen molar-refractivity contribution in [2.24, 2.45) is 5.73 Å². The Balaban J connectivity index is 1.77. The Labute approximate surface area is 157 Å². The van der Waals surface area contributed by atoms with Crippen molar-refractivity contribution < 1.29 is 9.59 Å². The molecule has 4 N–H and O–H groups in total. The fourth-order valence-corrected chi connectivity index (χ4v) is 3.70. The zero-order valence-corrected chi connectivity index (χ0v) is 15.0. The van der Waals surface area contributed by atoms with Gasteiger partial charge in [-0.05, 0) is 41.3 Å². The number of hydrogen-bond acceptors (Lipinski definition) is 4. The van der Waals surface area contributed by atoms with Gasteiger partial charge in [0.05, 0.1) is 6.04 Å². The topological polar surface area (TPSA) is 86.2 Å². The molecule has 4 rings (SSSR count). The molecule has 0 saturated carbocycles. The number of benzene rings is 3. The molecule has 0 radical (unpaired) electrons. The smallest absolute Gasteiger partial charge is 0.179 e. The molecule has 0 heterocycles. The number of fused-ring (bicyclic) bond motifs is 2. The van der Waals surface area contributed by atoms with Crippen molar-refractivity contribution in [2.45, 2.75) is 19.4 Å². The van der Waals surface area contributed by atoms with Gasteiger partial charge in [0.25, 0.3) is 0 Å². The molecule has 4 heteroatoms. The van der Waals surface area contributed by atoms with E-state index in [1.165, 1.54) is 0 Å². The highest BCUT2D eigenvalue weighted by molar-refractivity contribution is 6.12. The van der Waals surface area contributed by atoms with Gasteiger partial charge in [0.1, 0.15) is 0 Å². The van der Waals surface area contributed by atoms with Crippen molar-refractivity contribution in [3.8, 4) is 22.3 Å². The predicted molar refractivity (Wildman–Crippen MR) is 108 cm³/mol. The number of nitrogens with two attached hydrogens (primary N) is 2. The van der Waals surface area contributed by atoms with Gasteiger partial charge in [-0.3, -0.25) is 9.59 Å². The third-order valence-corrected chi connectivity index (χ3v) is 5.14. The van der Waals surface area contributed by atoms with Gasteiger partial charge in [0.2, 0.25) is 0 Å². The van der Waals surface area contributed by atoms with Crippen LogP contribution in [0, 0.1) is 6.92 Å². The molecule has 1 unspecified atom stereocenters. The molecule has 3 aromatic carbocycles. The molecule has 1 atom stereocenters. The van der Waals surface area contributed by atoms with E-state index in [4.69, 9.17) is 11.5 Å². The maximum atomic E-state index is 12.6. The van der Waals surface area contributed by atoms with Crippen LogP contribution in [0.2, 0.25) is 0 Å². The summed E-state index contributed by atoms with van der Waals surface area (Å²) in [7, 11) is 0. The van der Waals surface area contributed by atoms with Gasteiger partial charge >= 0.3 is 0 Å². The number of Topliss-reactive ketones (excluding diaryl/α,β-unsaturated/α-hetero) is 2. The summed E-state index contributed by atoms with van der Waals surface area (Å²) >= 11 is 0. The Hall–Kier alpha value is -3.24. The van der Waals surface area contributed by atoms with Crippen LogP contribution in [-0.4, -0.2) is 17.6 Å². The summed E-state index contributed by atoms with van der Waals surface area (Å²) in [5.41, 5.74) is 18.7. The van der Waals surface area contributed by atoms with Crippen molar-refractivity contribution in [3.63, 3.8) is 0 Å². The lowest BCUT2D eigenvalue weighted by Gasteiger charge is -2.12. The Kier molecular flexibility index (Phi) is 4.13. The van der Waals surface area contributed by atoms with Crippen LogP contribution in [0.5, 0.6) is 0 Å². The molecule has 3 aromatic rings. The van der Waals surface area contributed by atoms with Gasteiger partial charge < -0.3 is 11.5 Å². The number of rotatable bonds is 2. The number of nitrogen functional groups attached to an aromatic ring is 1. The molecule has 0 saturated heterocycles. The maximum Gasteiger partial charge on any atom is 0.179 e. The molecule has 0 aliphatic heterocycles. The molecule has 1 aliphatic carbocycles. The van der Waals surface area contributed by atoms with Crippen LogP contribution in [-0.2, 0) is 0 Å². The predicted octanol–water partition coefficient (Wildman–Crippen LogP) is 4.01. The molecule has 27 heavy (non-hydrogen) atoms. The lowest BCUT2D eigenvalue weighted by Crippen LogP contribution is -2.31. The first-order chi connectivity index (χ1) is 13.0.